The first-order valence-electron chi connectivity index (χ1n) is 14.8. The Kier molecular flexibility index (Phi) is 14.3. The number of pyridine rings is 1. The Labute approximate surface area is 248 Å². The quantitative estimate of drug-likeness (QED) is 0.215. The van der Waals surface area contributed by atoms with Gasteiger partial charge in [0.05, 0.1) is 43.4 Å². The van der Waals surface area contributed by atoms with Crippen molar-refractivity contribution in [3.8, 4) is 0 Å². The molecule has 2 aliphatic rings. The molecule has 0 unspecified atom stereocenters. The van der Waals surface area contributed by atoms with Crippen LogP contribution >= 0.6 is 0 Å². The number of piperidine rings is 1. The van der Waals surface area contributed by atoms with E-state index < -0.39 is 29.9 Å². The molecule has 3 rings (SSSR count). The summed E-state index contributed by atoms with van der Waals surface area (Å²) in [5, 5.41) is 33.2. The molecule has 1 saturated carbocycles. The number of aliphatic carboxylic acids is 2. The highest BCUT2D eigenvalue weighted by molar-refractivity contribution is 5.96. The average Bonchev–Trinajstić information content (AvgIpc) is 3.76. The number of carbonyl (C=O) groups is 4. The molecule has 1 aromatic heterocycles. The number of hydrogen-bond donors (Lipinski definition) is 5. The van der Waals surface area contributed by atoms with E-state index in [9.17, 15) is 24.3 Å². The van der Waals surface area contributed by atoms with E-state index in [1.165, 1.54) is 0 Å². The SMILES string of the molecule is CCOC[C@@H](CC(C)C)NC(=O)[C@@H]1CNC[C@H](C(=O)N(c2ccc(C(C)C)cn2)C2CC2)[C@@H]1O.O=C(O)CCC(=O)O. The lowest BCUT2D eigenvalue weighted by molar-refractivity contribution is -0.143. The van der Waals surface area contributed by atoms with Gasteiger partial charge in [-0.05, 0) is 49.7 Å². The van der Waals surface area contributed by atoms with E-state index in [1.54, 1.807) is 4.90 Å². The summed E-state index contributed by atoms with van der Waals surface area (Å²) in [6, 6.07) is 3.88. The largest absolute Gasteiger partial charge is 0.481 e. The van der Waals surface area contributed by atoms with Gasteiger partial charge in [-0.15, -0.1) is 0 Å². The highest BCUT2D eigenvalue weighted by Gasteiger charge is 2.45. The minimum Gasteiger partial charge on any atom is -0.481 e. The minimum atomic E-state index is -1.08. The fourth-order valence-corrected chi connectivity index (χ4v) is 4.79. The molecule has 0 spiro atoms. The van der Waals surface area contributed by atoms with Crippen molar-refractivity contribution in [1.29, 1.82) is 0 Å². The summed E-state index contributed by atoms with van der Waals surface area (Å²) in [6.45, 7) is 12.0. The Balaban J connectivity index is 0.000000675. The number of rotatable bonds is 14. The average molecular weight is 593 g/mol. The molecular weight excluding hydrogens is 544 g/mol. The van der Waals surface area contributed by atoms with Crippen molar-refractivity contribution < 1.29 is 39.2 Å². The number of carbonyl (C=O) groups excluding carboxylic acids is 2. The zero-order valence-electron chi connectivity index (χ0n) is 25.4. The third kappa shape index (κ3) is 11.3. The summed E-state index contributed by atoms with van der Waals surface area (Å²) in [5.74, 6) is -2.58. The van der Waals surface area contributed by atoms with Crippen LogP contribution < -0.4 is 15.5 Å². The molecule has 12 heteroatoms. The number of amides is 2. The van der Waals surface area contributed by atoms with Crippen molar-refractivity contribution in [2.24, 2.45) is 17.8 Å². The fraction of sp³-hybridized carbons (Fsp3) is 0.700. The molecule has 0 bridgehead atoms. The van der Waals surface area contributed by atoms with Crippen molar-refractivity contribution in [3.05, 3.63) is 23.9 Å². The van der Waals surface area contributed by atoms with E-state index >= 15 is 0 Å². The first-order valence-corrected chi connectivity index (χ1v) is 14.8. The van der Waals surface area contributed by atoms with Gasteiger partial charge in [0.1, 0.15) is 5.82 Å². The number of nitrogens with zero attached hydrogens (tertiary/aromatic N) is 2. The molecule has 4 atom stereocenters. The van der Waals surface area contributed by atoms with E-state index in [1.807, 2.05) is 25.3 Å². The first kappa shape index (κ1) is 35.1. The zero-order chi connectivity index (χ0) is 31.4. The molecule has 0 radical (unpaired) electrons. The normalized spacial score (nSPS) is 20.8. The van der Waals surface area contributed by atoms with Gasteiger partial charge in [0.2, 0.25) is 11.8 Å². The van der Waals surface area contributed by atoms with Crippen LogP contribution in [0, 0.1) is 17.8 Å². The summed E-state index contributed by atoms with van der Waals surface area (Å²) in [4.78, 5) is 52.3. The number of carboxylic acids is 2. The second kappa shape index (κ2) is 17.1. The molecule has 5 N–H and O–H groups in total. The Bertz CT molecular complexity index is 1010. The van der Waals surface area contributed by atoms with Gasteiger partial charge in [0.25, 0.3) is 0 Å². The summed E-state index contributed by atoms with van der Waals surface area (Å²) in [7, 11) is 0. The first-order chi connectivity index (χ1) is 19.8. The van der Waals surface area contributed by atoms with E-state index in [0.29, 0.717) is 44.0 Å². The van der Waals surface area contributed by atoms with Gasteiger partial charge in [-0.3, -0.25) is 24.1 Å². The molecule has 1 aromatic rings. The predicted octanol–water partition coefficient (Wildman–Crippen LogP) is 2.40. The summed E-state index contributed by atoms with van der Waals surface area (Å²) < 4.78 is 5.55. The maximum atomic E-state index is 13.6. The summed E-state index contributed by atoms with van der Waals surface area (Å²) in [5.41, 5.74) is 1.12. The molecular formula is C30H48N4O8. The van der Waals surface area contributed by atoms with E-state index in [2.05, 4.69) is 43.3 Å². The highest BCUT2D eigenvalue weighted by Crippen LogP contribution is 2.34. The molecule has 1 aliphatic heterocycles. The number of aromatic nitrogens is 1. The van der Waals surface area contributed by atoms with E-state index in [0.717, 1.165) is 24.8 Å². The maximum Gasteiger partial charge on any atom is 0.303 e. The van der Waals surface area contributed by atoms with Gasteiger partial charge in [-0.1, -0.05) is 33.8 Å². The Morgan fingerprint density at radius 2 is 1.67 bits per heavy atom. The Morgan fingerprint density at radius 1 is 1.05 bits per heavy atom. The van der Waals surface area contributed by atoms with Crippen LogP contribution in [0.1, 0.15) is 78.2 Å². The molecule has 12 nitrogen and oxygen atoms in total. The number of aliphatic hydroxyl groups is 1. The lowest BCUT2D eigenvalue weighted by atomic mass is 9.85. The topological polar surface area (TPSA) is 178 Å². The Morgan fingerprint density at radius 3 is 2.14 bits per heavy atom. The smallest absolute Gasteiger partial charge is 0.303 e. The molecule has 1 saturated heterocycles. The van der Waals surface area contributed by atoms with Crippen LogP contribution in [0.15, 0.2) is 18.3 Å². The molecule has 1 aliphatic carbocycles. The third-order valence-electron chi connectivity index (χ3n) is 7.22. The van der Waals surface area contributed by atoms with Gasteiger partial charge < -0.3 is 30.7 Å². The van der Waals surface area contributed by atoms with E-state index in [-0.39, 0.29) is 36.7 Å². The number of anilines is 1. The Hall–Kier alpha value is -3.09. The number of ether oxygens (including phenoxy) is 1. The van der Waals surface area contributed by atoms with Gasteiger partial charge in [0, 0.05) is 31.9 Å². The van der Waals surface area contributed by atoms with Crippen molar-refractivity contribution in [2.75, 3.05) is 31.2 Å². The third-order valence-corrected chi connectivity index (χ3v) is 7.22. The monoisotopic (exact) mass is 592 g/mol. The van der Waals surface area contributed by atoms with Gasteiger partial charge in [-0.25, -0.2) is 4.98 Å². The van der Waals surface area contributed by atoms with Crippen LogP contribution in [0.5, 0.6) is 0 Å². The van der Waals surface area contributed by atoms with Gasteiger partial charge in [-0.2, -0.15) is 0 Å². The summed E-state index contributed by atoms with van der Waals surface area (Å²) in [6.07, 6.45) is 2.81. The van der Waals surface area contributed by atoms with Crippen molar-refractivity contribution in [2.45, 2.75) is 90.8 Å². The minimum absolute atomic E-state index is 0.105. The highest BCUT2D eigenvalue weighted by atomic mass is 16.5. The number of hydrogen-bond acceptors (Lipinski definition) is 8. The van der Waals surface area contributed by atoms with Gasteiger partial charge in [0.15, 0.2) is 0 Å². The predicted molar refractivity (Wildman–Crippen MR) is 157 cm³/mol. The van der Waals surface area contributed by atoms with Gasteiger partial charge >= 0.3 is 11.9 Å². The lowest BCUT2D eigenvalue weighted by Crippen LogP contribution is -2.59. The molecule has 236 valence electrons. The van der Waals surface area contributed by atoms with Crippen molar-refractivity contribution >= 4 is 29.6 Å². The standard InChI is InChI=1S/C26H42N4O4.C4H6O4/c1-6-34-15-19(11-16(2)3)29-25(32)21-13-27-14-22(24(21)31)26(33)30(20-8-9-20)23-10-7-18(12-28-23)17(4)5;5-3(6)1-2-4(7)8/h7,10,12,16-17,19-22,24,27,31H,6,8-9,11,13-15H2,1-5H3,(H,29,32);1-2H2,(H,5,6)(H,7,8)/t19-,21-,22+,24-;/m1./s1. The molecule has 42 heavy (non-hydrogen) atoms. The molecule has 2 heterocycles. The van der Waals surface area contributed by atoms with E-state index in [4.69, 9.17) is 14.9 Å². The fourth-order valence-electron chi connectivity index (χ4n) is 4.79. The van der Waals surface area contributed by atoms with Crippen molar-refractivity contribution in [3.63, 3.8) is 0 Å². The van der Waals surface area contributed by atoms with Crippen LogP contribution in [0.2, 0.25) is 0 Å². The maximum absolute atomic E-state index is 13.6. The number of aliphatic hydroxyl groups excluding tert-OH is 1. The molecule has 2 amide bonds. The van der Waals surface area contributed by atoms with Crippen LogP contribution in [0.25, 0.3) is 0 Å². The van der Waals surface area contributed by atoms with Crippen molar-refractivity contribution in [1.82, 2.24) is 15.6 Å². The zero-order valence-corrected chi connectivity index (χ0v) is 25.4. The molecule has 0 aromatic carbocycles. The van der Waals surface area contributed by atoms with Crippen LogP contribution in [0.3, 0.4) is 0 Å². The van der Waals surface area contributed by atoms with Crippen LogP contribution in [-0.2, 0) is 23.9 Å². The second-order valence-corrected chi connectivity index (χ2v) is 11.7. The summed E-state index contributed by atoms with van der Waals surface area (Å²) >= 11 is 0. The lowest BCUT2D eigenvalue weighted by Gasteiger charge is -2.37. The number of nitrogens with one attached hydrogen (secondary N) is 2. The number of carboxylic acid groups (broad SMARTS) is 2. The van der Waals surface area contributed by atoms with Crippen LogP contribution in [0.4, 0.5) is 5.82 Å². The molecule has 2 fully saturated rings. The second-order valence-electron chi connectivity index (χ2n) is 11.7. The van der Waals surface area contributed by atoms with Crippen LogP contribution in [-0.4, -0.2) is 88.5 Å².